The van der Waals surface area contributed by atoms with E-state index in [2.05, 4.69) is 9.97 Å². The molecule has 0 radical (unpaired) electrons. The largest absolute Gasteiger partial charge is 0.363 e. The Bertz CT molecular complexity index is 334. The van der Waals surface area contributed by atoms with Gasteiger partial charge in [-0.15, -0.1) is 0 Å². The summed E-state index contributed by atoms with van der Waals surface area (Å²) >= 11 is 5.87. The van der Waals surface area contributed by atoms with Crippen LogP contribution in [0.15, 0.2) is 6.07 Å². The van der Waals surface area contributed by atoms with Gasteiger partial charge in [-0.1, -0.05) is 6.42 Å². The highest BCUT2D eigenvalue weighted by Gasteiger charge is 2.22. The van der Waals surface area contributed by atoms with Crippen LogP contribution in [0.25, 0.3) is 0 Å². The topological polar surface area (TPSA) is 29.0 Å². The van der Waals surface area contributed by atoms with Crippen LogP contribution in [0.5, 0.6) is 0 Å². The van der Waals surface area contributed by atoms with Crippen molar-refractivity contribution in [1.29, 1.82) is 0 Å². The van der Waals surface area contributed by atoms with Gasteiger partial charge in [0.2, 0.25) is 5.28 Å². The van der Waals surface area contributed by atoms with Crippen molar-refractivity contribution in [2.45, 2.75) is 25.2 Å². The number of halogens is 1. The fourth-order valence-corrected chi connectivity index (χ4v) is 1.75. The predicted molar refractivity (Wildman–Crippen MR) is 58.0 cm³/mol. The van der Waals surface area contributed by atoms with Gasteiger partial charge in [0, 0.05) is 26.1 Å². The molecule has 0 bridgehead atoms. The minimum absolute atomic E-state index is 0.359. The van der Waals surface area contributed by atoms with Crippen LogP contribution in [-0.4, -0.2) is 24.1 Å². The SMILES string of the molecule is CN(C)c1cc(C2CCC2)nc(Cl)n1. The lowest BCUT2D eigenvalue weighted by atomic mass is 9.83. The van der Waals surface area contributed by atoms with E-state index in [-0.39, 0.29) is 0 Å². The zero-order chi connectivity index (χ0) is 10.1. The Morgan fingerprint density at radius 3 is 2.57 bits per heavy atom. The average Bonchev–Trinajstić information content (AvgIpc) is 1.99. The quantitative estimate of drug-likeness (QED) is 0.704. The number of aromatic nitrogens is 2. The molecule has 1 saturated carbocycles. The Morgan fingerprint density at radius 1 is 1.36 bits per heavy atom. The molecule has 0 saturated heterocycles. The highest BCUT2D eigenvalue weighted by molar-refractivity contribution is 6.28. The summed E-state index contributed by atoms with van der Waals surface area (Å²) in [7, 11) is 3.92. The van der Waals surface area contributed by atoms with Crippen molar-refractivity contribution >= 4 is 17.4 Å². The normalized spacial score (nSPS) is 16.5. The van der Waals surface area contributed by atoms with E-state index in [4.69, 9.17) is 11.6 Å². The minimum atomic E-state index is 0.359. The van der Waals surface area contributed by atoms with Gasteiger partial charge in [0.1, 0.15) is 5.82 Å². The summed E-state index contributed by atoms with van der Waals surface area (Å²) in [5.74, 6) is 1.50. The van der Waals surface area contributed by atoms with E-state index < -0.39 is 0 Å². The van der Waals surface area contributed by atoms with Gasteiger partial charge in [0.05, 0.1) is 5.69 Å². The second-order valence-corrected chi connectivity index (χ2v) is 4.28. The summed E-state index contributed by atoms with van der Waals surface area (Å²) in [6.45, 7) is 0. The van der Waals surface area contributed by atoms with Crippen LogP contribution in [-0.2, 0) is 0 Å². The molecule has 0 N–H and O–H groups in total. The highest BCUT2D eigenvalue weighted by atomic mass is 35.5. The first kappa shape index (κ1) is 9.71. The summed E-state index contributed by atoms with van der Waals surface area (Å²) in [5, 5.41) is 0.359. The number of anilines is 1. The molecule has 76 valence electrons. The fraction of sp³-hybridized carbons (Fsp3) is 0.600. The summed E-state index contributed by atoms with van der Waals surface area (Å²) in [6, 6.07) is 2.04. The molecule has 1 heterocycles. The summed E-state index contributed by atoms with van der Waals surface area (Å²) < 4.78 is 0. The van der Waals surface area contributed by atoms with E-state index in [0.29, 0.717) is 11.2 Å². The molecule has 0 unspecified atom stereocenters. The van der Waals surface area contributed by atoms with Crippen molar-refractivity contribution in [3.05, 3.63) is 17.0 Å². The van der Waals surface area contributed by atoms with E-state index >= 15 is 0 Å². The number of hydrogen-bond donors (Lipinski definition) is 0. The monoisotopic (exact) mass is 211 g/mol. The van der Waals surface area contributed by atoms with Gasteiger partial charge >= 0.3 is 0 Å². The van der Waals surface area contributed by atoms with Crippen LogP contribution >= 0.6 is 11.6 Å². The van der Waals surface area contributed by atoms with Crippen molar-refractivity contribution in [1.82, 2.24) is 9.97 Å². The minimum Gasteiger partial charge on any atom is -0.363 e. The van der Waals surface area contributed by atoms with Gasteiger partial charge in [-0.2, -0.15) is 0 Å². The van der Waals surface area contributed by atoms with Gasteiger partial charge in [-0.25, -0.2) is 9.97 Å². The summed E-state index contributed by atoms with van der Waals surface area (Å²) in [6.07, 6.45) is 3.78. The molecule has 1 fully saturated rings. The zero-order valence-electron chi connectivity index (χ0n) is 8.50. The second-order valence-electron chi connectivity index (χ2n) is 3.94. The number of hydrogen-bond acceptors (Lipinski definition) is 3. The lowest BCUT2D eigenvalue weighted by Gasteiger charge is -2.25. The predicted octanol–water partition coefficient (Wildman–Crippen LogP) is 2.46. The first-order chi connectivity index (χ1) is 6.66. The molecule has 1 aromatic rings. The molecule has 1 aromatic heterocycles. The van der Waals surface area contributed by atoms with Crippen molar-refractivity contribution in [3.8, 4) is 0 Å². The van der Waals surface area contributed by atoms with E-state index in [9.17, 15) is 0 Å². The lowest BCUT2D eigenvalue weighted by Crippen LogP contribution is -2.15. The Kier molecular flexibility index (Phi) is 2.59. The standard InChI is InChI=1S/C10H14ClN3/c1-14(2)9-6-8(7-4-3-5-7)12-10(11)13-9/h6-7H,3-5H2,1-2H3. The Hall–Kier alpha value is -0.830. The molecule has 0 aliphatic heterocycles. The van der Waals surface area contributed by atoms with Crippen LogP contribution in [0.4, 0.5) is 5.82 Å². The van der Waals surface area contributed by atoms with E-state index in [1.54, 1.807) is 0 Å². The number of rotatable bonds is 2. The van der Waals surface area contributed by atoms with Crippen molar-refractivity contribution in [2.75, 3.05) is 19.0 Å². The third kappa shape index (κ3) is 1.82. The molecule has 3 nitrogen and oxygen atoms in total. The maximum absolute atomic E-state index is 5.87. The molecule has 14 heavy (non-hydrogen) atoms. The molecule has 0 amide bonds. The van der Waals surface area contributed by atoms with Gasteiger partial charge in [-0.05, 0) is 24.4 Å². The Morgan fingerprint density at radius 2 is 2.07 bits per heavy atom. The molecule has 0 atom stereocenters. The van der Waals surface area contributed by atoms with Crippen LogP contribution in [0.3, 0.4) is 0 Å². The maximum Gasteiger partial charge on any atom is 0.224 e. The molecular weight excluding hydrogens is 198 g/mol. The molecule has 0 spiro atoms. The fourth-order valence-electron chi connectivity index (χ4n) is 1.57. The lowest BCUT2D eigenvalue weighted by molar-refractivity contribution is 0.410. The first-order valence-corrected chi connectivity index (χ1v) is 5.26. The average molecular weight is 212 g/mol. The van der Waals surface area contributed by atoms with E-state index in [0.717, 1.165) is 11.5 Å². The Balaban J connectivity index is 2.30. The smallest absolute Gasteiger partial charge is 0.224 e. The van der Waals surface area contributed by atoms with Gasteiger partial charge in [-0.3, -0.25) is 0 Å². The number of nitrogens with zero attached hydrogens (tertiary/aromatic N) is 3. The van der Waals surface area contributed by atoms with Gasteiger partial charge in [0.25, 0.3) is 0 Å². The van der Waals surface area contributed by atoms with Crippen molar-refractivity contribution < 1.29 is 0 Å². The van der Waals surface area contributed by atoms with Crippen molar-refractivity contribution in [3.63, 3.8) is 0 Å². The second kappa shape index (κ2) is 3.73. The molecule has 4 heteroatoms. The zero-order valence-corrected chi connectivity index (χ0v) is 9.25. The van der Waals surface area contributed by atoms with Gasteiger partial charge < -0.3 is 4.90 Å². The maximum atomic E-state index is 5.87. The molecule has 1 aliphatic rings. The van der Waals surface area contributed by atoms with Crippen LogP contribution in [0.1, 0.15) is 30.9 Å². The van der Waals surface area contributed by atoms with Gasteiger partial charge in [0.15, 0.2) is 0 Å². The van der Waals surface area contributed by atoms with E-state index in [1.807, 2.05) is 25.1 Å². The molecule has 0 aromatic carbocycles. The van der Waals surface area contributed by atoms with E-state index in [1.165, 1.54) is 19.3 Å². The van der Waals surface area contributed by atoms with Crippen molar-refractivity contribution in [2.24, 2.45) is 0 Å². The summed E-state index contributed by atoms with van der Waals surface area (Å²) in [4.78, 5) is 10.4. The summed E-state index contributed by atoms with van der Waals surface area (Å²) in [5.41, 5.74) is 1.10. The third-order valence-corrected chi connectivity index (χ3v) is 2.86. The Labute approximate surface area is 89.1 Å². The highest BCUT2D eigenvalue weighted by Crippen LogP contribution is 2.36. The first-order valence-electron chi connectivity index (χ1n) is 4.88. The molecular formula is C10H14ClN3. The van der Waals surface area contributed by atoms with Crippen LogP contribution in [0, 0.1) is 0 Å². The molecule has 2 rings (SSSR count). The third-order valence-electron chi connectivity index (χ3n) is 2.69. The molecule has 1 aliphatic carbocycles. The van der Waals surface area contributed by atoms with Crippen LogP contribution < -0.4 is 4.90 Å². The van der Waals surface area contributed by atoms with Crippen LogP contribution in [0.2, 0.25) is 5.28 Å².